The number of anilines is 1. The number of hydrogen-bond donors (Lipinski definition) is 2. The first-order chi connectivity index (χ1) is 22.7. The number of rotatable bonds is 3. The molecule has 7 rings (SSSR count). The largest absolute Gasteiger partial charge is 0.490 e. The fourth-order valence-corrected chi connectivity index (χ4v) is 10.3. The second-order valence-corrected chi connectivity index (χ2v) is 16.4. The van der Waals surface area contributed by atoms with Crippen molar-refractivity contribution in [3.63, 3.8) is 0 Å². The molecule has 1 spiro atoms. The molecule has 2 N–H and O–H groups in total. The molecular weight excluding hydrogens is 640 g/mol. The van der Waals surface area contributed by atoms with E-state index in [0.29, 0.717) is 32.1 Å². The molecule has 1 saturated carbocycles. The molecule has 11 heteroatoms. The molecule has 7 atom stereocenters. The molecule has 47 heavy (non-hydrogen) atoms. The third kappa shape index (κ3) is 6.56. The molecule has 0 radical (unpaired) electrons. The normalized spacial score (nSPS) is 34.3. The van der Waals surface area contributed by atoms with Crippen molar-refractivity contribution in [3.05, 3.63) is 70.3 Å². The first-order valence-electron chi connectivity index (χ1n) is 17.0. The average molecular weight is 685 g/mol. The zero-order valence-electron chi connectivity index (χ0n) is 26.9. The van der Waals surface area contributed by atoms with Gasteiger partial charge in [-0.1, -0.05) is 29.8 Å². The van der Waals surface area contributed by atoms with Gasteiger partial charge in [0.15, 0.2) is 0 Å². The Bertz CT molecular complexity index is 1630. The van der Waals surface area contributed by atoms with Crippen molar-refractivity contribution in [3.8, 4) is 5.75 Å². The number of carbonyl (C=O) groups is 1. The van der Waals surface area contributed by atoms with E-state index in [0.717, 1.165) is 55.7 Å². The highest BCUT2D eigenvalue weighted by atomic mass is 35.5. The highest BCUT2D eigenvalue weighted by Crippen LogP contribution is 2.47. The summed E-state index contributed by atoms with van der Waals surface area (Å²) in [6.07, 6.45) is 8.95. The molecule has 3 aliphatic heterocycles. The Balaban J connectivity index is 1.27. The highest BCUT2D eigenvalue weighted by Gasteiger charge is 2.45. The zero-order chi connectivity index (χ0) is 32.8. The van der Waals surface area contributed by atoms with Crippen molar-refractivity contribution in [2.75, 3.05) is 38.3 Å². The molecular formula is C36H45ClN2O7S. The molecule has 1 saturated heterocycles. The van der Waals surface area contributed by atoms with Gasteiger partial charge < -0.3 is 24.2 Å². The van der Waals surface area contributed by atoms with Crippen molar-refractivity contribution in [1.82, 2.24) is 4.72 Å². The minimum atomic E-state index is -4.18. The second kappa shape index (κ2) is 13.3. The van der Waals surface area contributed by atoms with E-state index in [1.165, 1.54) is 18.2 Å². The SMILES string of the molecule is CO[C@H]1C/C=C/[C@H](O)[C@@H]2CC[C@H]2CN2C[C@@]3(CCCc4cc(Cl)ccc43)COc3ccc(cc32)C(=O)NS(=O)(=O)[C@@H]1C[C@H]1CCCO1. The first kappa shape index (κ1) is 32.9. The number of halogens is 1. The summed E-state index contributed by atoms with van der Waals surface area (Å²) < 4.78 is 48.4. The molecule has 5 aliphatic rings. The number of fused-ring (bicyclic) bond motifs is 4. The van der Waals surface area contributed by atoms with E-state index >= 15 is 0 Å². The van der Waals surface area contributed by atoms with Crippen LogP contribution in [0.5, 0.6) is 5.75 Å². The number of amides is 1. The summed E-state index contributed by atoms with van der Waals surface area (Å²) in [6.45, 7) is 2.43. The number of hydrogen-bond acceptors (Lipinski definition) is 8. The van der Waals surface area contributed by atoms with Crippen LogP contribution in [-0.2, 0) is 31.3 Å². The Hall–Kier alpha value is -2.63. The number of nitrogens with one attached hydrogen (secondary N) is 1. The lowest BCUT2D eigenvalue weighted by atomic mass is 9.68. The topological polar surface area (TPSA) is 114 Å². The lowest BCUT2D eigenvalue weighted by molar-refractivity contribution is 0.0447. The number of carbonyl (C=O) groups excluding carboxylic acids is 1. The van der Waals surface area contributed by atoms with Gasteiger partial charge in [-0.25, -0.2) is 13.1 Å². The van der Waals surface area contributed by atoms with Gasteiger partial charge >= 0.3 is 0 Å². The Labute approximate surface area is 282 Å². The van der Waals surface area contributed by atoms with Crippen LogP contribution in [0.3, 0.4) is 0 Å². The Morgan fingerprint density at radius 3 is 2.79 bits per heavy atom. The minimum absolute atomic E-state index is 0.0686. The maximum absolute atomic E-state index is 13.9. The average Bonchev–Trinajstić information content (AvgIpc) is 3.50. The van der Waals surface area contributed by atoms with E-state index in [-0.39, 0.29) is 41.8 Å². The standard InChI is InChI=1S/C36H45ClN2O7S/c1-44-33-8-2-7-31(40)28-12-9-25(28)20-39-21-36(15-3-5-23-17-26(37)11-13-29(23)36)22-46-32-14-10-24(18-30(32)39)35(41)38-47(42,43)34(33)19-27-6-4-16-45-27/h2,7,10-11,13-14,17-18,25,27-28,31,33-34,40H,3-6,8-9,12,15-16,19-22H2,1H3,(H,38,41)/b7-2+/t25-,27+,28+,31-,33-,34+,36-/m0/s1. The fourth-order valence-electron chi connectivity index (χ4n) is 8.54. The van der Waals surface area contributed by atoms with Gasteiger partial charge in [0.25, 0.3) is 5.91 Å². The summed E-state index contributed by atoms with van der Waals surface area (Å²) in [7, 11) is -2.69. The van der Waals surface area contributed by atoms with E-state index in [9.17, 15) is 18.3 Å². The van der Waals surface area contributed by atoms with E-state index in [1.54, 1.807) is 24.3 Å². The first-order valence-corrected chi connectivity index (χ1v) is 18.9. The van der Waals surface area contributed by atoms with Gasteiger partial charge in [0, 0.05) is 42.8 Å². The third-order valence-electron chi connectivity index (χ3n) is 11.2. The molecule has 2 bridgehead atoms. The summed E-state index contributed by atoms with van der Waals surface area (Å²) in [6, 6.07) is 11.3. The van der Waals surface area contributed by atoms with Gasteiger partial charge in [-0.05, 0) is 111 Å². The van der Waals surface area contributed by atoms with Crippen molar-refractivity contribution < 1.29 is 32.5 Å². The zero-order valence-corrected chi connectivity index (χ0v) is 28.5. The number of aliphatic hydroxyl groups is 1. The summed E-state index contributed by atoms with van der Waals surface area (Å²) in [5.41, 5.74) is 3.21. The molecule has 2 aromatic rings. The van der Waals surface area contributed by atoms with E-state index < -0.39 is 33.4 Å². The van der Waals surface area contributed by atoms with Crippen LogP contribution >= 0.6 is 11.6 Å². The van der Waals surface area contributed by atoms with Crippen LogP contribution in [0.4, 0.5) is 5.69 Å². The van der Waals surface area contributed by atoms with Gasteiger partial charge in [0.1, 0.15) is 11.0 Å². The summed E-state index contributed by atoms with van der Waals surface area (Å²) in [5, 5.41) is 11.0. The number of nitrogens with zero attached hydrogens (tertiary/aromatic N) is 1. The molecule has 0 unspecified atom stereocenters. The molecule has 3 heterocycles. The van der Waals surface area contributed by atoms with Gasteiger partial charge in [-0.2, -0.15) is 0 Å². The molecule has 2 aliphatic carbocycles. The van der Waals surface area contributed by atoms with E-state index in [4.69, 9.17) is 25.8 Å². The monoisotopic (exact) mass is 684 g/mol. The summed E-state index contributed by atoms with van der Waals surface area (Å²) in [4.78, 5) is 16.1. The number of aryl methyl sites for hydroxylation is 1. The lowest BCUT2D eigenvalue weighted by Gasteiger charge is -2.45. The van der Waals surface area contributed by atoms with Crippen LogP contribution in [0.15, 0.2) is 48.6 Å². The van der Waals surface area contributed by atoms with Crippen LogP contribution in [0, 0.1) is 11.8 Å². The van der Waals surface area contributed by atoms with Crippen molar-refractivity contribution in [2.24, 2.45) is 11.8 Å². The lowest BCUT2D eigenvalue weighted by Crippen LogP contribution is -2.49. The van der Waals surface area contributed by atoms with Crippen LogP contribution < -0.4 is 14.4 Å². The quantitative estimate of drug-likeness (QED) is 0.426. The summed E-state index contributed by atoms with van der Waals surface area (Å²) in [5.74, 6) is 0.285. The highest BCUT2D eigenvalue weighted by molar-refractivity contribution is 7.90. The summed E-state index contributed by atoms with van der Waals surface area (Å²) >= 11 is 6.41. The molecule has 2 aromatic carbocycles. The Morgan fingerprint density at radius 1 is 1.15 bits per heavy atom. The van der Waals surface area contributed by atoms with Crippen molar-refractivity contribution in [2.45, 2.75) is 86.8 Å². The minimum Gasteiger partial charge on any atom is -0.490 e. The number of ether oxygens (including phenoxy) is 3. The van der Waals surface area contributed by atoms with Crippen LogP contribution in [0.2, 0.25) is 5.02 Å². The van der Waals surface area contributed by atoms with Gasteiger partial charge in [-0.3, -0.25) is 4.79 Å². The molecule has 0 aromatic heterocycles. The van der Waals surface area contributed by atoms with Crippen molar-refractivity contribution in [1.29, 1.82) is 0 Å². The van der Waals surface area contributed by atoms with Crippen LogP contribution in [-0.4, -0.2) is 76.4 Å². The molecule has 254 valence electrons. The second-order valence-electron chi connectivity index (χ2n) is 14.1. The smallest absolute Gasteiger partial charge is 0.264 e. The van der Waals surface area contributed by atoms with Gasteiger partial charge in [0.2, 0.25) is 10.0 Å². The molecule has 2 fully saturated rings. The third-order valence-corrected chi connectivity index (χ3v) is 13.2. The van der Waals surface area contributed by atoms with Gasteiger partial charge in [0.05, 0.1) is 30.6 Å². The maximum atomic E-state index is 13.9. The van der Waals surface area contributed by atoms with E-state index in [1.807, 2.05) is 12.1 Å². The Kier molecular flexibility index (Phi) is 9.34. The maximum Gasteiger partial charge on any atom is 0.264 e. The Morgan fingerprint density at radius 2 is 2.02 bits per heavy atom. The van der Waals surface area contributed by atoms with E-state index in [2.05, 4.69) is 21.8 Å². The predicted octanol–water partition coefficient (Wildman–Crippen LogP) is 5.17. The van der Waals surface area contributed by atoms with Gasteiger partial charge in [-0.15, -0.1) is 0 Å². The number of benzene rings is 2. The number of methoxy groups -OCH3 is 1. The number of aliphatic hydroxyl groups excluding tert-OH is 1. The van der Waals surface area contributed by atoms with Crippen molar-refractivity contribution >= 4 is 33.2 Å². The fraction of sp³-hybridized carbons (Fsp3) is 0.583. The predicted molar refractivity (Wildman–Crippen MR) is 181 cm³/mol. The molecule has 9 nitrogen and oxygen atoms in total. The molecule has 1 amide bonds. The van der Waals surface area contributed by atoms with Crippen LogP contribution in [0.1, 0.15) is 72.9 Å². The van der Waals surface area contributed by atoms with Crippen LogP contribution in [0.25, 0.3) is 0 Å². The number of sulfonamides is 1.